The minimum atomic E-state index is -0.932. The van der Waals surface area contributed by atoms with Crippen LogP contribution < -0.4 is 10.6 Å². The van der Waals surface area contributed by atoms with Crippen molar-refractivity contribution in [2.24, 2.45) is 0 Å². The van der Waals surface area contributed by atoms with Gasteiger partial charge in [-0.25, -0.2) is 13.6 Å². The number of ether oxygens (including phenoxy) is 1. The SMILES string of the molecule is O=C(COC(=O)c1ccccc1SCC(=O)NC1CCCCCC1)Nc1c(F)cccc1F. The van der Waals surface area contributed by atoms with Crippen molar-refractivity contribution in [3.8, 4) is 0 Å². The largest absolute Gasteiger partial charge is 0.452 e. The molecule has 1 saturated carbocycles. The van der Waals surface area contributed by atoms with Crippen LogP contribution in [0.1, 0.15) is 48.9 Å². The number of thioether (sulfide) groups is 1. The molecule has 0 spiro atoms. The lowest BCUT2D eigenvalue weighted by Crippen LogP contribution is -2.35. The van der Waals surface area contributed by atoms with E-state index in [1.54, 1.807) is 18.2 Å². The molecule has 0 aromatic heterocycles. The molecule has 0 heterocycles. The summed E-state index contributed by atoms with van der Waals surface area (Å²) in [5, 5.41) is 5.12. The molecule has 0 aliphatic heterocycles. The molecule has 9 heteroatoms. The van der Waals surface area contributed by atoms with E-state index in [1.807, 2.05) is 0 Å². The first-order valence-corrected chi connectivity index (χ1v) is 11.8. The van der Waals surface area contributed by atoms with Crippen LogP contribution >= 0.6 is 11.8 Å². The molecular formula is C24H26F2N2O4S. The highest BCUT2D eigenvalue weighted by Gasteiger charge is 2.19. The fourth-order valence-corrected chi connectivity index (χ4v) is 4.45. The summed E-state index contributed by atoms with van der Waals surface area (Å²) >= 11 is 1.21. The Labute approximate surface area is 195 Å². The number of hydrogen-bond acceptors (Lipinski definition) is 5. The predicted molar refractivity (Wildman–Crippen MR) is 122 cm³/mol. The van der Waals surface area contributed by atoms with E-state index in [-0.39, 0.29) is 23.3 Å². The van der Waals surface area contributed by atoms with Crippen LogP contribution in [0.15, 0.2) is 47.4 Å². The van der Waals surface area contributed by atoms with Gasteiger partial charge in [-0.1, -0.05) is 43.9 Å². The number of para-hydroxylation sites is 1. The first-order valence-electron chi connectivity index (χ1n) is 10.9. The maximum Gasteiger partial charge on any atom is 0.339 e. The summed E-state index contributed by atoms with van der Waals surface area (Å²) in [5.74, 6) is -3.46. The quantitative estimate of drug-likeness (QED) is 0.328. The summed E-state index contributed by atoms with van der Waals surface area (Å²) in [4.78, 5) is 37.4. The van der Waals surface area contributed by atoms with Gasteiger partial charge in [-0.3, -0.25) is 9.59 Å². The lowest BCUT2D eigenvalue weighted by molar-refractivity contribution is -0.120. The zero-order valence-corrected chi connectivity index (χ0v) is 18.9. The summed E-state index contributed by atoms with van der Waals surface area (Å²) in [5.41, 5.74) is -0.399. The van der Waals surface area contributed by atoms with Crippen LogP contribution in [0.4, 0.5) is 14.5 Å². The van der Waals surface area contributed by atoms with E-state index >= 15 is 0 Å². The molecule has 0 bridgehead atoms. The molecular weight excluding hydrogens is 450 g/mol. The molecule has 6 nitrogen and oxygen atoms in total. The Hall–Kier alpha value is -2.94. The fraction of sp³-hybridized carbons (Fsp3) is 0.375. The maximum atomic E-state index is 13.6. The third-order valence-electron chi connectivity index (χ3n) is 5.25. The number of anilines is 1. The van der Waals surface area contributed by atoms with Crippen molar-refractivity contribution >= 4 is 35.2 Å². The van der Waals surface area contributed by atoms with Gasteiger partial charge in [-0.05, 0) is 37.1 Å². The van der Waals surface area contributed by atoms with Gasteiger partial charge in [0.2, 0.25) is 5.91 Å². The monoisotopic (exact) mass is 476 g/mol. The van der Waals surface area contributed by atoms with Crippen LogP contribution in [-0.4, -0.2) is 36.2 Å². The topological polar surface area (TPSA) is 84.5 Å². The molecule has 0 atom stereocenters. The lowest BCUT2D eigenvalue weighted by Gasteiger charge is -2.16. The summed E-state index contributed by atoms with van der Waals surface area (Å²) in [6.07, 6.45) is 6.60. The first kappa shape index (κ1) is 24.7. The van der Waals surface area contributed by atoms with Gasteiger partial charge < -0.3 is 15.4 Å². The number of carbonyl (C=O) groups excluding carboxylic acids is 3. The summed E-state index contributed by atoms with van der Waals surface area (Å²) < 4.78 is 32.3. The minimum Gasteiger partial charge on any atom is -0.452 e. The van der Waals surface area contributed by atoms with Gasteiger partial charge in [0.15, 0.2) is 6.61 Å². The van der Waals surface area contributed by atoms with Crippen molar-refractivity contribution in [1.29, 1.82) is 0 Å². The number of benzene rings is 2. The lowest BCUT2D eigenvalue weighted by atomic mass is 10.1. The second-order valence-corrected chi connectivity index (χ2v) is 8.78. The van der Waals surface area contributed by atoms with Gasteiger partial charge in [-0.2, -0.15) is 0 Å². The van der Waals surface area contributed by atoms with E-state index in [0.717, 1.165) is 37.8 Å². The highest BCUT2D eigenvalue weighted by Crippen LogP contribution is 2.24. The van der Waals surface area contributed by atoms with E-state index in [4.69, 9.17) is 4.74 Å². The molecule has 0 radical (unpaired) electrons. The number of nitrogens with one attached hydrogen (secondary N) is 2. The Morgan fingerprint density at radius 1 is 0.909 bits per heavy atom. The van der Waals surface area contributed by atoms with Crippen molar-refractivity contribution in [1.82, 2.24) is 5.32 Å². The standard InChI is InChI=1S/C24H26F2N2O4S/c25-18-11-7-12-19(26)23(18)28-21(29)14-32-24(31)17-10-5-6-13-20(17)33-15-22(30)27-16-8-3-1-2-4-9-16/h5-7,10-13,16H,1-4,8-9,14-15H2,(H,27,30)(H,28,29). The third-order valence-corrected chi connectivity index (χ3v) is 6.32. The molecule has 2 N–H and O–H groups in total. The van der Waals surface area contributed by atoms with E-state index in [9.17, 15) is 23.2 Å². The molecule has 2 amide bonds. The van der Waals surface area contributed by atoms with Gasteiger partial charge in [-0.15, -0.1) is 11.8 Å². The summed E-state index contributed by atoms with van der Waals surface area (Å²) in [6.45, 7) is -0.715. The minimum absolute atomic E-state index is 0.0960. The number of carbonyl (C=O) groups is 3. The Kier molecular flexibility index (Phi) is 9.24. The van der Waals surface area contributed by atoms with Gasteiger partial charge in [0, 0.05) is 10.9 Å². The van der Waals surface area contributed by atoms with Crippen molar-refractivity contribution in [2.45, 2.75) is 49.5 Å². The number of rotatable bonds is 8. The Morgan fingerprint density at radius 3 is 2.27 bits per heavy atom. The van der Waals surface area contributed by atoms with Crippen LogP contribution in [0.5, 0.6) is 0 Å². The van der Waals surface area contributed by atoms with Crippen LogP contribution in [0.3, 0.4) is 0 Å². The predicted octanol–water partition coefficient (Wildman–Crippen LogP) is 4.69. The van der Waals surface area contributed by atoms with Crippen molar-refractivity contribution in [3.05, 3.63) is 59.7 Å². The van der Waals surface area contributed by atoms with Crippen LogP contribution in [0.2, 0.25) is 0 Å². The summed E-state index contributed by atoms with van der Waals surface area (Å²) in [7, 11) is 0. The van der Waals surface area contributed by atoms with Crippen molar-refractivity contribution < 1.29 is 27.9 Å². The zero-order valence-electron chi connectivity index (χ0n) is 18.1. The Morgan fingerprint density at radius 2 is 1.58 bits per heavy atom. The van der Waals surface area contributed by atoms with Crippen LogP contribution in [-0.2, 0) is 14.3 Å². The number of halogens is 2. The molecule has 2 aromatic rings. The highest BCUT2D eigenvalue weighted by molar-refractivity contribution is 8.00. The van der Waals surface area contributed by atoms with Crippen LogP contribution in [0.25, 0.3) is 0 Å². The molecule has 2 aromatic carbocycles. The Balaban J connectivity index is 1.51. The molecule has 176 valence electrons. The maximum absolute atomic E-state index is 13.6. The van der Waals surface area contributed by atoms with Gasteiger partial charge in [0.25, 0.3) is 5.91 Å². The van der Waals surface area contributed by atoms with E-state index in [2.05, 4.69) is 10.6 Å². The molecule has 3 rings (SSSR count). The second kappa shape index (κ2) is 12.3. The molecule has 1 aliphatic carbocycles. The third kappa shape index (κ3) is 7.56. The number of esters is 1. The molecule has 1 fully saturated rings. The zero-order chi connectivity index (χ0) is 23.6. The van der Waals surface area contributed by atoms with Crippen molar-refractivity contribution in [2.75, 3.05) is 17.7 Å². The van der Waals surface area contributed by atoms with Crippen LogP contribution in [0, 0.1) is 11.6 Å². The molecule has 33 heavy (non-hydrogen) atoms. The van der Waals surface area contributed by atoms with Crippen molar-refractivity contribution in [3.63, 3.8) is 0 Å². The molecule has 0 unspecified atom stereocenters. The van der Waals surface area contributed by atoms with E-state index in [0.29, 0.717) is 4.90 Å². The average molecular weight is 477 g/mol. The normalized spacial score (nSPS) is 14.2. The number of amides is 2. The Bertz CT molecular complexity index is 974. The smallest absolute Gasteiger partial charge is 0.339 e. The van der Waals surface area contributed by atoms with E-state index < -0.39 is 35.8 Å². The molecule has 0 saturated heterocycles. The van der Waals surface area contributed by atoms with E-state index in [1.165, 1.54) is 36.7 Å². The summed E-state index contributed by atoms with van der Waals surface area (Å²) in [6, 6.07) is 9.97. The average Bonchev–Trinajstić information content (AvgIpc) is 3.07. The first-order chi connectivity index (χ1) is 15.9. The number of hydrogen-bond donors (Lipinski definition) is 2. The van der Waals surface area contributed by atoms with Gasteiger partial charge in [0.05, 0.1) is 11.3 Å². The van der Waals surface area contributed by atoms with Gasteiger partial charge in [0.1, 0.15) is 17.3 Å². The highest BCUT2D eigenvalue weighted by atomic mass is 32.2. The second-order valence-electron chi connectivity index (χ2n) is 7.76. The molecule has 1 aliphatic rings. The van der Waals surface area contributed by atoms with Gasteiger partial charge >= 0.3 is 5.97 Å². The fourth-order valence-electron chi connectivity index (χ4n) is 3.60.